The molecule has 0 heterocycles. The van der Waals surface area contributed by atoms with Crippen molar-refractivity contribution in [3.8, 4) is 0 Å². The minimum Gasteiger partial charge on any atom is -0.375 e. The Kier molecular flexibility index (Phi) is 2.00. The van der Waals surface area contributed by atoms with Gasteiger partial charge in [-0.25, -0.2) is 0 Å². The Morgan fingerprint density at radius 2 is 2.00 bits per heavy atom. The molecule has 1 saturated carbocycles. The molecule has 2 atom stereocenters. The summed E-state index contributed by atoms with van der Waals surface area (Å²) in [4.78, 5) is 2.35. The zero-order chi connectivity index (χ0) is 8.65. The second-order valence-electron chi connectivity index (χ2n) is 4.28. The molecule has 0 saturated heterocycles. The first-order valence-corrected chi connectivity index (χ1v) is 4.35. The summed E-state index contributed by atoms with van der Waals surface area (Å²) >= 11 is 0. The third-order valence-electron chi connectivity index (χ3n) is 2.88. The van der Waals surface area contributed by atoms with E-state index in [4.69, 9.17) is 0 Å². The normalized spacial score (nSPS) is 34.8. The lowest BCUT2D eigenvalue weighted by molar-refractivity contribution is 0.308. The maximum atomic E-state index is 2.35. The van der Waals surface area contributed by atoms with Crippen LogP contribution in [0.3, 0.4) is 0 Å². The maximum absolute atomic E-state index is 2.35. The lowest BCUT2D eigenvalue weighted by atomic mass is 10.2. The van der Waals surface area contributed by atoms with Crippen LogP contribution in [0.4, 0.5) is 0 Å². The van der Waals surface area contributed by atoms with Crippen LogP contribution in [0.5, 0.6) is 0 Å². The number of hydrogen-bond acceptors (Lipinski definition) is 1. The number of allylic oxidation sites excluding steroid dienone is 1. The van der Waals surface area contributed by atoms with Crippen molar-refractivity contribution in [1.29, 1.82) is 0 Å². The van der Waals surface area contributed by atoms with Crippen LogP contribution >= 0.6 is 0 Å². The molecule has 1 aliphatic rings. The summed E-state index contributed by atoms with van der Waals surface area (Å²) in [7, 11) is 2.18. The molecule has 0 N–H and O–H groups in total. The smallest absolute Gasteiger partial charge is 0.0395 e. The van der Waals surface area contributed by atoms with Crippen molar-refractivity contribution in [2.24, 2.45) is 5.92 Å². The molecule has 1 fully saturated rings. The fraction of sp³-hybridized carbons (Fsp3) is 0.800. The van der Waals surface area contributed by atoms with Crippen molar-refractivity contribution < 1.29 is 0 Å². The fourth-order valence-corrected chi connectivity index (χ4v) is 1.59. The Hall–Kier alpha value is -0.460. The Morgan fingerprint density at radius 1 is 1.55 bits per heavy atom. The van der Waals surface area contributed by atoms with Gasteiger partial charge in [-0.15, -0.1) is 0 Å². The van der Waals surface area contributed by atoms with E-state index in [1.807, 2.05) is 0 Å². The summed E-state index contributed by atoms with van der Waals surface area (Å²) in [6, 6.07) is 0. The number of nitrogens with zero attached hydrogens (tertiary/aromatic N) is 1. The van der Waals surface area contributed by atoms with Gasteiger partial charge in [0.1, 0.15) is 0 Å². The highest BCUT2D eigenvalue weighted by molar-refractivity contribution is 5.09. The zero-order valence-electron chi connectivity index (χ0n) is 8.31. The largest absolute Gasteiger partial charge is 0.375 e. The highest BCUT2D eigenvalue weighted by Crippen LogP contribution is 2.47. The first kappa shape index (κ1) is 8.63. The van der Waals surface area contributed by atoms with Gasteiger partial charge in [-0.3, -0.25) is 0 Å². The summed E-state index contributed by atoms with van der Waals surface area (Å²) in [5.74, 6) is 0.864. The molecule has 0 aromatic carbocycles. The second-order valence-corrected chi connectivity index (χ2v) is 4.28. The van der Waals surface area contributed by atoms with Gasteiger partial charge in [0.15, 0.2) is 0 Å². The number of rotatable bonds is 2. The summed E-state index contributed by atoms with van der Waals surface area (Å²) in [5.41, 5.74) is 1.84. The molecule has 0 aromatic rings. The molecule has 0 aliphatic heterocycles. The summed E-state index contributed by atoms with van der Waals surface area (Å²) in [6.07, 6.45) is 3.58. The molecule has 1 rings (SSSR count). The minimum absolute atomic E-state index is 0.456. The third kappa shape index (κ3) is 1.58. The summed E-state index contributed by atoms with van der Waals surface area (Å²) in [6.45, 7) is 8.94. The molecular formula is C10H19N. The van der Waals surface area contributed by atoms with E-state index in [0.717, 1.165) is 5.92 Å². The predicted octanol–water partition coefficient (Wildman–Crippen LogP) is 2.64. The van der Waals surface area contributed by atoms with Gasteiger partial charge in [0.25, 0.3) is 0 Å². The molecule has 1 nitrogen and oxygen atoms in total. The van der Waals surface area contributed by atoms with E-state index in [1.165, 1.54) is 12.0 Å². The van der Waals surface area contributed by atoms with Gasteiger partial charge in [-0.2, -0.15) is 0 Å². The van der Waals surface area contributed by atoms with Gasteiger partial charge in [0, 0.05) is 12.6 Å². The van der Waals surface area contributed by atoms with Crippen LogP contribution in [0, 0.1) is 5.92 Å². The average Bonchev–Trinajstić information content (AvgIpc) is 2.40. The first-order valence-electron chi connectivity index (χ1n) is 4.35. The van der Waals surface area contributed by atoms with Crippen molar-refractivity contribution in [1.82, 2.24) is 4.90 Å². The lowest BCUT2D eigenvalue weighted by Gasteiger charge is -2.24. The van der Waals surface area contributed by atoms with Crippen LogP contribution in [0.2, 0.25) is 0 Å². The van der Waals surface area contributed by atoms with Gasteiger partial charge < -0.3 is 4.90 Å². The SMILES string of the molecule is CC(C)=CN(C)C1(C)CC1C. The van der Waals surface area contributed by atoms with Crippen molar-refractivity contribution in [3.63, 3.8) is 0 Å². The predicted molar refractivity (Wildman–Crippen MR) is 49.4 cm³/mol. The van der Waals surface area contributed by atoms with Crippen LogP contribution in [-0.2, 0) is 0 Å². The van der Waals surface area contributed by atoms with Gasteiger partial charge in [0.05, 0.1) is 0 Å². The van der Waals surface area contributed by atoms with E-state index in [1.54, 1.807) is 0 Å². The molecule has 64 valence electrons. The fourth-order valence-electron chi connectivity index (χ4n) is 1.59. The molecule has 1 aliphatic carbocycles. The van der Waals surface area contributed by atoms with Gasteiger partial charge in [-0.1, -0.05) is 12.5 Å². The Bertz CT molecular complexity index is 179. The first-order chi connectivity index (χ1) is 4.97. The molecule has 1 heteroatoms. The second kappa shape index (κ2) is 2.54. The van der Waals surface area contributed by atoms with E-state index < -0.39 is 0 Å². The van der Waals surface area contributed by atoms with E-state index in [0.29, 0.717) is 5.54 Å². The maximum Gasteiger partial charge on any atom is 0.0395 e. The Morgan fingerprint density at radius 3 is 2.27 bits per heavy atom. The van der Waals surface area contributed by atoms with E-state index in [9.17, 15) is 0 Å². The van der Waals surface area contributed by atoms with Gasteiger partial charge in [-0.05, 0) is 39.3 Å². The molecule has 0 amide bonds. The van der Waals surface area contributed by atoms with Crippen molar-refractivity contribution in [2.75, 3.05) is 7.05 Å². The van der Waals surface area contributed by atoms with Crippen LogP contribution in [0.15, 0.2) is 11.8 Å². The molecular weight excluding hydrogens is 134 g/mol. The van der Waals surface area contributed by atoms with E-state index >= 15 is 0 Å². The molecule has 2 unspecified atom stereocenters. The number of hydrogen-bond donors (Lipinski definition) is 0. The van der Waals surface area contributed by atoms with Crippen LogP contribution in [0.1, 0.15) is 34.1 Å². The van der Waals surface area contributed by atoms with Crippen molar-refractivity contribution >= 4 is 0 Å². The lowest BCUT2D eigenvalue weighted by Crippen LogP contribution is -2.27. The molecule has 0 bridgehead atoms. The molecule has 0 radical (unpaired) electrons. The Labute approximate surface area is 70.1 Å². The highest BCUT2D eigenvalue weighted by atomic mass is 15.2. The molecule has 0 aromatic heterocycles. The third-order valence-corrected chi connectivity index (χ3v) is 2.88. The highest BCUT2D eigenvalue weighted by Gasteiger charge is 2.48. The van der Waals surface area contributed by atoms with Gasteiger partial charge in [0.2, 0.25) is 0 Å². The monoisotopic (exact) mass is 153 g/mol. The minimum atomic E-state index is 0.456. The quantitative estimate of drug-likeness (QED) is 0.589. The average molecular weight is 153 g/mol. The van der Waals surface area contributed by atoms with E-state index in [2.05, 4.69) is 45.8 Å². The topological polar surface area (TPSA) is 3.24 Å². The summed E-state index contributed by atoms with van der Waals surface area (Å²) in [5, 5.41) is 0. The van der Waals surface area contributed by atoms with Crippen molar-refractivity contribution in [2.45, 2.75) is 39.7 Å². The van der Waals surface area contributed by atoms with Crippen LogP contribution < -0.4 is 0 Å². The molecule has 11 heavy (non-hydrogen) atoms. The van der Waals surface area contributed by atoms with E-state index in [-0.39, 0.29) is 0 Å². The standard InChI is InChI=1S/C10H19N/c1-8(2)7-11(5)10(4)6-9(10)3/h7,9H,6H2,1-5H3. The molecule has 0 spiro atoms. The van der Waals surface area contributed by atoms with Gasteiger partial charge >= 0.3 is 0 Å². The van der Waals surface area contributed by atoms with Crippen molar-refractivity contribution in [3.05, 3.63) is 11.8 Å². The van der Waals surface area contributed by atoms with Crippen LogP contribution in [0.25, 0.3) is 0 Å². The van der Waals surface area contributed by atoms with Crippen LogP contribution in [-0.4, -0.2) is 17.5 Å². The zero-order valence-corrected chi connectivity index (χ0v) is 8.31. The Balaban J connectivity index is 2.56. The summed E-state index contributed by atoms with van der Waals surface area (Å²) < 4.78 is 0.